The van der Waals surface area contributed by atoms with E-state index in [4.69, 9.17) is 10.5 Å². The lowest BCUT2D eigenvalue weighted by atomic mass is 10.0. The number of carbonyl (C=O) groups excluding carboxylic acids is 1. The zero-order valence-electron chi connectivity index (χ0n) is 12.1. The van der Waals surface area contributed by atoms with E-state index >= 15 is 0 Å². The van der Waals surface area contributed by atoms with Gasteiger partial charge in [0, 0.05) is 37.8 Å². The first-order chi connectivity index (χ1) is 9.93. The number of carbonyl (C=O) groups is 1. The Morgan fingerprint density at radius 3 is 3.05 bits per heavy atom. The summed E-state index contributed by atoms with van der Waals surface area (Å²) in [5.41, 5.74) is 6.25. The molecule has 1 heterocycles. The van der Waals surface area contributed by atoms with E-state index in [2.05, 4.69) is 15.5 Å². The first kappa shape index (κ1) is 15.3. The van der Waals surface area contributed by atoms with Gasteiger partial charge in [0.15, 0.2) is 5.69 Å². The molecule has 1 amide bonds. The highest BCUT2D eigenvalue weighted by molar-refractivity contribution is 6.05. The van der Waals surface area contributed by atoms with Crippen LogP contribution < -0.4 is 11.1 Å². The second-order valence-corrected chi connectivity index (χ2v) is 5.30. The number of methoxy groups -OCH3 is 1. The zero-order chi connectivity index (χ0) is 15.5. The molecule has 0 bridgehead atoms. The molecule has 2 rings (SSSR count). The molecular weight excluding hydrogens is 272 g/mol. The number of amides is 1. The van der Waals surface area contributed by atoms with Crippen molar-refractivity contribution in [2.45, 2.75) is 18.9 Å². The molecule has 21 heavy (non-hydrogen) atoms. The van der Waals surface area contributed by atoms with Gasteiger partial charge in [-0.2, -0.15) is 5.10 Å². The third-order valence-electron chi connectivity index (χ3n) is 3.28. The lowest BCUT2D eigenvalue weighted by molar-refractivity contribution is 0.0243. The van der Waals surface area contributed by atoms with Crippen LogP contribution in [0.4, 0.5) is 5.69 Å². The van der Waals surface area contributed by atoms with Crippen LogP contribution in [0.3, 0.4) is 0 Å². The van der Waals surface area contributed by atoms with Crippen LogP contribution in [-0.2, 0) is 4.74 Å². The number of nitrogens with zero attached hydrogens (tertiary/aromatic N) is 1. The SMILES string of the molecule is COCCC(C)(O)CNC(=O)c1n[nH]c2ccc(N)cc12. The summed E-state index contributed by atoms with van der Waals surface area (Å²) in [6, 6.07) is 5.19. The summed E-state index contributed by atoms with van der Waals surface area (Å²) in [6.07, 6.45) is 0.429. The van der Waals surface area contributed by atoms with E-state index in [1.54, 1.807) is 32.2 Å². The van der Waals surface area contributed by atoms with Crippen LogP contribution >= 0.6 is 0 Å². The average molecular weight is 292 g/mol. The van der Waals surface area contributed by atoms with Gasteiger partial charge in [0.05, 0.1) is 11.1 Å². The van der Waals surface area contributed by atoms with Crippen LogP contribution in [0.15, 0.2) is 18.2 Å². The van der Waals surface area contributed by atoms with Crippen LogP contribution in [0.1, 0.15) is 23.8 Å². The van der Waals surface area contributed by atoms with Gasteiger partial charge in [0.25, 0.3) is 5.91 Å². The van der Waals surface area contributed by atoms with Gasteiger partial charge in [0.1, 0.15) is 0 Å². The molecule has 1 aromatic heterocycles. The summed E-state index contributed by atoms with van der Waals surface area (Å²) in [5, 5.41) is 20.2. The Morgan fingerprint density at radius 1 is 1.57 bits per heavy atom. The van der Waals surface area contributed by atoms with Crippen molar-refractivity contribution in [2.75, 3.05) is 26.0 Å². The topological polar surface area (TPSA) is 113 Å². The van der Waals surface area contributed by atoms with Crippen molar-refractivity contribution < 1.29 is 14.6 Å². The second-order valence-electron chi connectivity index (χ2n) is 5.30. The van der Waals surface area contributed by atoms with Gasteiger partial charge in [-0.05, 0) is 25.1 Å². The van der Waals surface area contributed by atoms with Gasteiger partial charge in [-0.15, -0.1) is 0 Å². The Kier molecular flexibility index (Phi) is 4.44. The van der Waals surface area contributed by atoms with Crippen LogP contribution in [0.5, 0.6) is 0 Å². The van der Waals surface area contributed by atoms with Crippen molar-refractivity contribution in [3.8, 4) is 0 Å². The highest BCUT2D eigenvalue weighted by Gasteiger charge is 2.22. The number of benzene rings is 1. The molecule has 0 saturated heterocycles. The number of H-pyrrole nitrogens is 1. The summed E-state index contributed by atoms with van der Waals surface area (Å²) in [4.78, 5) is 12.2. The molecule has 7 nitrogen and oxygen atoms in total. The Bertz CT molecular complexity index is 636. The Balaban J connectivity index is 2.07. The molecule has 2 aromatic rings. The number of nitrogens with two attached hydrogens (primary N) is 1. The molecule has 0 aliphatic carbocycles. The predicted molar refractivity (Wildman–Crippen MR) is 80.0 cm³/mol. The first-order valence-corrected chi connectivity index (χ1v) is 6.66. The third kappa shape index (κ3) is 3.71. The highest BCUT2D eigenvalue weighted by Crippen LogP contribution is 2.19. The Labute approximate surface area is 122 Å². The molecule has 0 saturated carbocycles. The summed E-state index contributed by atoms with van der Waals surface area (Å²) in [7, 11) is 1.56. The lowest BCUT2D eigenvalue weighted by Crippen LogP contribution is -2.41. The van der Waals surface area contributed by atoms with E-state index in [1.165, 1.54) is 0 Å². The summed E-state index contributed by atoms with van der Waals surface area (Å²) in [6.45, 7) is 2.18. The number of ether oxygens (including phenoxy) is 1. The van der Waals surface area contributed by atoms with Gasteiger partial charge in [-0.3, -0.25) is 9.89 Å². The van der Waals surface area contributed by atoms with Crippen molar-refractivity contribution in [1.29, 1.82) is 0 Å². The molecule has 0 spiro atoms. The smallest absolute Gasteiger partial charge is 0.272 e. The molecule has 0 radical (unpaired) electrons. The van der Waals surface area contributed by atoms with Crippen LogP contribution in [0.25, 0.3) is 10.9 Å². The van der Waals surface area contributed by atoms with E-state index in [1.807, 2.05) is 0 Å². The molecule has 5 N–H and O–H groups in total. The molecular formula is C14H20N4O3. The number of hydrogen-bond acceptors (Lipinski definition) is 5. The van der Waals surface area contributed by atoms with Gasteiger partial charge >= 0.3 is 0 Å². The fourth-order valence-corrected chi connectivity index (χ4v) is 1.97. The zero-order valence-corrected chi connectivity index (χ0v) is 12.1. The molecule has 1 atom stereocenters. The van der Waals surface area contributed by atoms with Crippen molar-refractivity contribution in [1.82, 2.24) is 15.5 Å². The van der Waals surface area contributed by atoms with E-state index in [0.29, 0.717) is 24.1 Å². The van der Waals surface area contributed by atoms with Gasteiger partial charge < -0.3 is 20.9 Å². The standard InChI is InChI=1S/C14H20N4O3/c1-14(20,5-6-21-2)8-16-13(19)12-10-7-9(15)3-4-11(10)17-18-12/h3-4,7,20H,5-6,8,15H2,1-2H3,(H,16,19)(H,17,18). The number of nitrogen functional groups attached to an aromatic ring is 1. The Morgan fingerprint density at radius 2 is 2.33 bits per heavy atom. The van der Waals surface area contributed by atoms with Crippen molar-refractivity contribution >= 4 is 22.5 Å². The molecule has 0 aliphatic heterocycles. The number of aliphatic hydroxyl groups is 1. The number of aromatic nitrogens is 2. The van der Waals surface area contributed by atoms with Crippen LogP contribution in [-0.4, -0.2) is 47.1 Å². The van der Waals surface area contributed by atoms with Crippen molar-refractivity contribution in [2.24, 2.45) is 0 Å². The monoisotopic (exact) mass is 292 g/mol. The fraction of sp³-hybridized carbons (Fsp3) is 0.429. The van der Waals surface area contributed by atoms with Gasteiger partial charge in [0.2, 0.25) is 0 Å². The maximum absolute atomic E-state index is 12.2. The number of rotatable bonds is 6. The summed E-state index contributed by atoms with van der Waals surface area (Å²) in [5.74, 6) is -0.357. The van der Waals surface area contributed by atoms with Gasteiger partial charge in [-0.25, -0.2) is 0 Å². The second kappa shape index (κ2) is 6.11. The normalized spacial score (nSPS) is 14.0. The van der Waals surface area contributed by atoms with Gasteiger partial charge in [-0.1, -0.05) is 0 Å². The highest BCUT2D eigenvalue weighted by atomic mass is 16.5. The summed E-state index contributed by atoms with van der Waals surface area (Å²) < 4.78 is 4.92. The molecule has 7 heteroatoms. The third-order valence-corrected chi connectivity index (χ3v) is 3.28. The maximum Gasteiger partial charge on any atom is 0.272 e. The number of anilines is 1. The largest absolute Gasteiger partial charge is 0.399 e. The minimum Gasteiger partial charge on any atom is -0.399 e. The lowest BCUT2D eigenvalue weighted by Gasteiger charge is -2.22. The van der Waals surface area contributed by atoms with Crippen LogP contribution in [0.2, 0.25) is 0 Å². The summed E-state index contributed by atoms with van der Waals surface area (Å²) >= 11 is 0. The number of aromatic amines is 1. The minimum absolute atomic E-state index is 0.117. The van der Waals surface area contributed by atoms with E-state index < -0.39 is 5.60 Å². The number of hydrogen-bond donors (Lipinski definition) is 4. The Hall–Kier alpha value is -2.12. The molecule has 0 aliphatic rings. The first-order valence-electron chi connectivity index (χ1n) is 6.66. The van der Waals surface area contributed by atoms with E-state index in [0.717, 1.165) is 5.52 Å². The van der Waals surface area contributed by atoms with Crippen LogP contribution in [0, 0.1) is 0 Å². The predicted octanol–water partition coefficient (Wildman–Crippen LogP) is 0.662. The fourth-order valence-electron chi connectivity index (χ4n) is 1.97. The minimum atomic E-state index is -1.03. The van der Waals surface area contributed by atoms with E-state index in [-0.39, 0.29) is 18.1 Å². The number of fused-ring (bicyclic) bond motifs is 1. The molecule has 1 aromatic carbocycles. The van der Waals surface area contributed by atoms with Crippen molar-refractivity contribution in [3.05, 3.63) is 23.9 Å². The quantitative estimate of drug-likeness (QED) is 0.584. The van der Waals surface area contributed by atoms with Crippen molar-refractivity contribution in [3.63, 3.8) is 0 Å². The maximum atomic E-state index is 12.2. The average Bonchev–Trinajstić information content (AvgIpc) is 2.86. The molecule has 114 valence electrons. The van der Waals surface area contributed by atoms with E-state index in [9.17, 15) is 9.90 Å². The number of nitrogens with one attached hydrogen (secondary N) is 2. The molecule has 1 unspecified atom stereocenters. The molecule has 0 fully saturated rings.